The van der Waals surface area contributed by atoms with Gasteiger partial charge in [0, 0.05) is 21.6 Å². The number of halogens is 2. The maximum atomic E-state index is 10.6. The Hall–Kier alpha value is -0.860. The topological polar surface area (TPSA) is 68.0 Å². The van der Waals surface area contributed by atoms with Gasteiger partial charge >= 0.3 is 5.97 Å². The van der Waals surface area contributed by atoms with Crippen molar-refractivity contribution in [3.05, 3.63) is 27.1 Å². The van der Waals surface area contributed by atoms with Gasteiger partial charge in [-0.1, -0.05) is 43.6 Å². The second-order valence-corrected chi connectivity index (χ2v) is 6.36. The largest absolute Gasteiger partial charge is 0.481 e. The van der Waals surface area contributed by atoms with Gasteiger partial charge in [0.15, 0.2) is 11.0 Å². The maximum absolute atomic E-state index is 10.6. The van der Waals surface area contributed by atoms with E-state index < -0.39 is 5.97 Å². The number of carboxylic acids is 1. The van der Waals surface area contributed by atoms with E-state index in [0.29, 0.717) is 11.0 Å². The minimum Gasteiger partial charge on any atom is -0.481 e. The van der Waals surface area contributed by atoms with Gasteiger partial charge in [0.25, 0.3) is 0 Å². The van der Waals surface area contributed by atoms with Crippen LogP contribution < -0.4 is 0 Å². The highest BCUT2D eigenvalue weighted by molar-refractivity contribution is 9.11. The maximum Gasteiger partial charge on any atom is 0.313 e. The predicted molar refractivity (Wildman–Crippen MR) is 80.2 cm³/mol. The molecule has 1 heterocycles. The highest BCUT2D eigenvalue weighted by Crippen LogP contribution is 2.30. The summed E-state index contributed by atoms with van der Waals surface area (Å²) in [5, 5.41) is 13.6. The van der Waals surface area contributed by atoms with Gasteiger partial charge in [0.2, 0.25) is 0 Å². The van der Waals surface area contributed by atoms with Crippen LogP contribution in [0.4, 0.5) is 0 Å². The lowest BCUT2D eigenvalue weighted by atomic mass is 10.2. The van der Waals surface area contributed by atoms with Crippen molar-refractivity contribution in [1.29, 1.82) is 0 Å². The van der Waals surface area contributed by atoms with E-state index in [1.165, 1.54) is 0 Å². The average Bonchev–Trinajstić information content (AvgIpc) is 2.71. The molecular weight excluding hydrogens is 398 g/mol. The molecule has 0 spiro atoms. The molecule has 0 bridgehead atoms. The highest BCUT2D eigenvalue weighted by atomic mass is 79.9. The van der Waals surface area contributed by atoms with Crippen molar-refractivity contribution in [2.24, 2.45) is 7.05 Å². The van der Waals surface area contributed by atoms with Crippen molar-refractivity contribution >= 4 is 49.6 Å². The van der Waals surface area contributed by atoms with Gasteiger partial charge in [0.05, 0.1) is 5.75 Å². The van der Waals surface area contributed by atoms with Gasteiger partial charge < -0.3 is 5.11 Å². The van der Waals surface area contributed by atoms with Crippen molar-refractivity contribution in [3.8, 4) is 11.4 Å². The predicted octanol–water partition coefficient (Wildman–Crippen LogP) is 3.18. The van der Waals surface area contributed by atoms with Crippen LogP contribution in [0.2, 0.25) is 0 Å². The molecule has 5 nitrogen and oxygen atoms in total. The standard InChI is InChI=1S/C11H9Br2N3O2S/c1-16-11(19-5-9(17)18)14-10(15-16)7-4-6(12)2-3-8(7)13/h2-4H,5H2,1H3,(H,17,18). The van der Waals surface area contributed by atoms with Crippen LogP contribution in [-0.4, -0.2) is 31.6 Å². The number of hydrogen-bond acceptors (Lipinski definition) is 4. The Bertz CT molecular complexity index is 630. The summed E-state index contributed by atoms with van der Waals surface area (Å²) < 4.78 is 3.39. The Labute approximate surface area is 130 Å². The van der Waals surface area contributed by atoms with Crippen LogP contribution in [0.1, 0.15) is 0 Å². The molecule has 0 saturated carbocycles. The first-order valence-electron chi connectivity index (χ1n) is 5.18. The van der Waals surface area contributed by atoms with Crippen molar-refractivity contribution in [2.75, 3.05) is 5.75 Å². The Morgan fingerprint density at radius 1 is 1.47 bits per heavy atom. The Morgan fingerprint density at radius 2 is 2.21 bits per heavy atom. The number of hydrogen-bond donors (Lipinski definition) is 1. The molecule has 2 rings (SSSR count). The lowest BCUT2D eigenvalue weighted by Gasteiger charge is -1.99. The molecule has 0 amide bonds. The van der Waals surface area contributed by atoms with E-state index in [9.17, 15) is 4.79 Å². The van der Waals surface area contributed by atoms with E-state index in [-0.39, 0.29) is 5.75 Å². The van der Waals surface area contributed by atoms with Crippen LogP contribution >= 0.6 is 43.6 Å². The zero-order chi connectivity index (χ0) is 14.0. The third kappa shape index (κ3) is 3.58. The third-order valence-corrected chi connectivity index (χ3v) is 4.41. The Morgan fingerprint density at radius 3 is 2.89 bits per heavy atom. The molecule has 0 radical (unpaired) electrons. The normalized spacial score (nSPS) is 10.7. The number of benzene rings is 1. The van der Waals surface area contributed by atoms with E-state index in [1.54, 1.807) is 11.7 Å². The number of aryl methyl sites for hydroxylation is 1. The number of carbonyl (C=O) groups is 1. The summed E-state index contributed by atoms with van der Waals surface area (Å²) >= 11 is 8.00. The summed E-state index contributed by atoms with van der Waals surface area (Å²) in [6.07, 6.45) is 0. The molecule has 0 unspecified atom stereocenters. The molecule has 19 heavy (non-hydrogen) atoms. The van der Waals surface area contributed by atoms with Crippen molar-refractivity contribution in [2.45, 2.75) is 5.16 Å². The highest BCUT2D eigenvalue weighted by Gasteiger charge is 2.13. The number of carboxylic acid groups (broad SMARTS) is 1. The average molecular weight is 407 g/mol. The van der Waals surface area contributed by atoms with Gasteiger partial charge in [-0.2, -0.15) is 5.10 Å². The Kier molecular flexibility index (Phi) is 4.64. The molecule has 1 aromatic heterocycles. The molecule has 0 aliphatic heterocycles. The van der Waals surface area contributed by atoms with Gasteiger partial charge in [0.1, 0.15) is 0 Å². The molecule has 2 aromatic rings. The van der Waals surface area contributed by atoms with Crippen molar-refractivity contribution in [1.82, 2.24) is 14.8 Å². The summed E-state index contributed by atoms with van der Waals surface area (Å²) in [5.74, 6) is -0.354. The van der Waals surface area contributed by atoms with Crippen molar-refractivity contribution in [3.63, 3.8) is 0 Å². The minimum atomic E-state index is -0.877. The number of thioether (sulfide) groups is 1. The smallest absolute Gasteiger partial charge is 0.313 e. The van der Waals surface area contributed by atoms with Crippen molar-refractivity contribution < 1.29 is 9.90 Å². The van der Waals surface area contributed by atoms with Crippen LogP contribution in [0.5, 0.6) is 0 Å². The molecule has 0 fully saturated rings. The zero-order valence-corrected chi connectivity index (χ0v) is 13.8. The summed E-state index contributed by atoms with van der Waals surface area (Å²) in [4.78, 5) is 14.9. The lowest BCUT2D eigenvalue weighted by molar-refractivity contribution is -0.133. The zero-order valence-electron chi connectivity index (χ0n) is 9.80. The number of rotatable bonds is 4. The number of aliphatic carboxylic acids is 1. The fourth-order valence-electron chi connectivity index (χ4n) is 1.41. The molecular formula is C11H9Br2N3O2S. The molecule has 0 aliphatic rings. The fourth-order valence-corrected chi connectivity index (χ4v) is 2.82. The summed E-state index contributed by atoms with van der Waals surface area (Å²) in [5.41, 5.74) is 0.854. The second kappa shape index (κ2) is 6.06. The summed E-state index contributed by atoms with van der Waals surface area (Å²) in [6, 6.07) is 5.72. The number of aromatic nitrogens is 3. The summed E-state index contributed by atoms with van der Waals surface area (Å²) in [6.45, 7) is 0. The van der Waals surface area contributed by atoms with Crippen LogP contribution in [0, 0.1) is 0 Å². The van der Waals surface area contributed by atoms with E-state index in [0.717, 1.165) is 26.3 Å². The van der Waals surface area contributed by atoms with Crippen LogP contribution in [0.3, 0.4) is 0 Å². The first kappa shape index (κ1) is 14.5. The molecule has 0 aliphatic carbocycles. The van der Waals surface area contributed by atoms with Crippen LogP contribution in [0.15, 0.2) is 32.3 Å². The molecule has 100 valence electrons. The fraction of sp³-hybridized carbons (Fsp3) is 0.182. The van der Waals surface area contributed by atoms with Gasteiger partial charge in [-0.3, -0.25) is 4.79 Å². The molecule has 0 atom stereocenters. The van der Waals surface area contributed by atoms with E-state index in [4.69, 9.17) is 5.11 Å². The SMILES string of the molecule is Cn1nc(-c2cc(Br)ccc2Br)nc1SCC(=O)O. The minimum absolute atomic E-state index is 0.0361. The van der Waals surface area contributed by atoms with Gasteiger partial charge in [-0.05, 0) is 18.2 Å². The molecule has 1 N–H and O–H groups in total. The third-order valence-electron chi connectivity index (χ3n) is 2.22. The van der Waals surface area contributed by atoms with E-state index in [2.05, 4.69) is 41.9 Å². The van der Waals surface area contributed by atoms with Crippen LogP contribution in [0.25, 0.3) is 11.4 Å². The van der Waals surface area contributed by atoms with E-state index in [1.807, 2.05) is 18.2 Å². The Balaban J connectivity index is 2.33. The van der Waals surface area contributed by atoms with Gasteiger partial charge in [-0.25, -0.2) is 9.67 Å². The molecule has 1 aromatic carbocycles. The number of nitrogens with zero attached hydrogens (tertiary/aromatic N) is 3. The first-order valence-corrected chi connectivity index (χ1v) is 7.75. The van der Waals surface area contributed by atoms with Crippen LogP contribution in [-0.2, 0) is 11.8 Å². The van der Waals surface area contributed by atoms with Gasteiger partial charge in [-0.15, -0.1) is 0 Å². The first-order chi connectivity index (χ1) is 8.97. The molecule has 8 heteroatoms. The van der Waals surface area contributed by atoms with E-state index >= 15 is 0 Å². The second-order valence-electron chi connectivity index (χ2n) is 3.65. The summed E-state index contributed by atoms with van der Waals surface area (Å²) in [7, 11) is 1.74. The monoisotopic (exact) mass is 405 g/mol. The quantitative estimate of drug-likeness (QED) is 0.789. The molecule has 0 saturated heterocycles. The lowest BCUT2D eigenvalue weighted by Crippen LogP contribution is -2.00.